The van der Waals surface area contributed by atoms with Crippen LogP contribution in [-0.4, -0.2) is 57.8 Å². The van der Waals surface area contributed by atoms with Crippen molar-refractivity contribution in [3.8, 4) is 0 Å². The first-order valence-electron chi connectivity index (χ1n) is 11.9. The average Bonchev–Trinajstić information content (AvgIpc) is 3.36. The van der Waals surface area contributed by atoms with Crippen LogP contribution in [0.3, 0.4) is 0 Å². The zero-order chi connectivity index (χ0) is 26.7. The van der Waals surface area contributed by atoms with Crippen LogP contribution in [0.5, 0.6) is 0 Å². The number of nitrogens with one attached hydrogen (secondary N) is 3. The fourth-order valence-corrected chi connectivity index (χ4v) is 6.22. The molecule has 1 aliphatic heterocycles. The number of thioether (sulfide) groups is 2. The van der Waals surface area contributed by atoms with Crippen LogP contribution in [-0.2, 0) is 25.6 Å². The number of hydrogen-bond acceptors (Lipinski definition) is 6. The van der Waals surface area contributed by atoms with Crippen LogP contribution >= 0.6 is 23.5 Å². The Morgan fingerprint density at radius 3 is 2.25 bits per heavy atom. The fourth-order valence-electron chi connectivity index (χ4n) is 3.62. The van der Waals surface area contributed by atoms with Crippen molar-refractivity contribution in [1.82, 2.24) is 16.0 Å². The molecular formula is C25H35FN4O4S2. The van der Waals surface area contributed by atoms with Crippen LogP contribution < -0.4 is 21.7 Å². The summed E-state index contributed by atoms with van der Waals surface area (Å²) in [4.78, 5) is 50.4. The van der Waals surface area contributed by atoms with E-state index < -0.39 is 41.7 Å². The molecule has 3 atom stereocenters. The van der Waals surface area contributed by atoms with E-state index in [4.69, 9.17) is 5.73 Å². The Kier molecular flexibility index (Phi) is 12.3. The monoisotopic (exact) mass is 538 g/mol. The molecule has 1 aromatic carbocycles. The van der Waals surface area contributed by atoms with Gasteiger partial charge in [-0.25, -0.2) is 4.39 Å². The van der Waals surface area contributed by atoms with E-state index in [0.717, 1.165) is 11.5 Å². The summed E-state index contributed by atoms with van der Waals surface area (Å²) >= 11 is 3.08. The first kappa shape index (κ1) is 29.7. The van der Waals surface area contributed by atoms with Gasteiger partial charge in [-0.3, -0.25) is 19.2 Å². The first-order valence-corrected chi connectivity index (χ1v) is 14.0. The van der Waals surface area contributed by atoms with Crippen molar-refractivity contribution in [2.45, 2.75) is 62.7 Å². The van der Waals surface area contributed by atoms with Gasteiger partial charge in [0.25, 0.3) is 0 Å². The number of hydrogen-bond donors (Lipinski definition) is 4. The van der Waals surface area contributed by atoms with Crippen LogP contribution in [0, 0.1) is 11.7 Å². The maximum Gasteiger partial charge on any atom is 0.243 e. The number of halogens is 1. The Labute approximate surface area is 220 Å². The summed E-state index contributed by atoms with van der Waals surface area (Å²) in [7, 11) is 0. The normalized spacial score (nSPS) is 16.5. The van der Waals surface area contributed by atoms with Crippen molar-refractivity contribution < 1.29 is 23.6 Å². The number of primary amides is 1. The molecular weight excluding hydrogens is 503 g/mol. The Balaban J connectivity index is 2.19. The summed E-state index contributed by atoms with van der Waals surface area (Å²) in [6.45, 7) is 5.43. The molecule has 11 heteroatoms. The molecule has 0 saturated carbocycles. The molecule has 1 heterocycles. The highest BCUT2D eigenvalue weighted by Crippen LogP contribution is 2.32. The molecule has 0 radical (unpaired) electrons. The highest BCUT2D eigenvalue weighted by atomic mass is 32.2. The maximum atomic E-state index is 13.4. The lowest BCUT2D eigenvalue weighted by Crippen LogP contribution is -2.57. The topological polar surface area (TPSA) is 130 Å². The van der Waals surface area contributed by atoms with E-state index in [1.54, 1.807) is 54.7 Å². The third-order valence-electron chi connectivity index (χ3n) is 5.52. The Hall–Kier alpha value is -2.53. The van der Waals surface area contributed by atoms with E-state index in [2.05, 4.69) is 16.0 Å². The highest BCUT2D eigenvalue weighted by Gasteiger charge is 2.32. The Morgan fingerprint density at radius 2 is 1.69 bits per heavy atom. The van der Waals surface area contributed by atoms with E-state index in [1.807, 2.05) is 13.8 Å². The van der Waals surface area contributed by atoms with Gasteiger partial charge in [0.1, 0.15) is 22.5 Å². The molecule has 1 saturated heterocycles. The lowest BCUT2D eigenvalue weighted by atomic mass is 10.0. The Morgan fingerprint density at radius 1 is 1.06 bits per heavy atom. The van der Waals surface area contributed by atoms with E-state index in [1.165, 1.54) is 12.1 Å². The summed E-state index contributed by atoms with van der Waals surface area (Å²) in [5.41, 5.74) is 5.91. The second kappa shape index (κ2) is 14.9. The summed E-state index contributed by atoms with van der Waals surface area (Å²) in [6.07, 6.45) is 4.00. The minimum Gasteiger partial charge on any atom is -0.370 e. The SMILES string of the molecule is C/C=C/[C@H](CCC(N)=O)NC(=O)[C@H](Cc1ccc(F)cc1)NC(=O)[C@@H](NC(=O)C1SCCS1)C(C)C. The van der Waals surface area contributed by atoms with Crippen molar-refractivity contribution in [2.75, 3.05) is 11.5 Å². The lowest BCUT2D eigenvalue weighted by Gasteiger charge is -2.27. The zero-order valence-electron chi connectivity index (χ0n) is 20.8. The largest absolute Gasteiger partial charge is 0.370 e. The molecule has 0 unspecified atom stereocenters. The number of carbonyl (C=O) groups is 4. The lowest BCUT2D eigenvalue weighted by molar-refractivity contribution is -0.132. The highest BCUT2D eigenvalue weighted by molar-refractivity contribution is 8.21. The molecule has 5 N–H and O–H groups in total. The third-order valence-corrected chi connectivity index (χ3v) is 8.51. The number of allylic oxidation sites excluding steroid dienone is 1. The van der Waals surface area contributed by atoms with Crippen LogP contribution in [0.4, 0.5) is 4.39 Å². The molecule has 4 amide bonds. The van der Waals surface area contributed by atoms with Crippen molar-refractivity contribution in [3.05, 3.63) is 47.8 Å². The van der Waals surface area contributed by atoms with Crippen LogP contribution in [0.15, 0.2) is 36.4 Å². The molecule has 0 spiro atoms. The van der Waals surface area contributed by atoms with Gasteiger partial charge in [0.15, 0.2) is 0 Å². The van der Waals surface area contributed by atoms with Gasteiger partial charge in [-0.15, -0.1) is 23.5 Å². The number of carbonyl (C=O) groups excluding carboxylic acids is 4. The molecule has 0 aromatic heterocycles. The molecule has 1 fully saturated rings. The minimum absolute atomic E-state index is 0.0862. The van der Waals surface area contributed by atoms with Crippen molar-refractivity contribution >= 4 is 47.2 Å². The smallest absolute Gasteiger partial charge is 0.243 e. The van der Waals surface area contributed by atoms with Gasteiger partial charge in [-0.1, -0.05) is 38.1 Å². The second-order valence-corrected chi connectivity index (χ2v) is 11.6. The summed E-state index contributed by atoms with van der Waals surface area (Å²) < 4.78 is 13.1. The number of rotatable bonds is 13. The maximum absolute atomic E-state index is 13.4. The van der Waals surface area contributed by atoms with Gasteiger partial charge in [0, 0.05) is 30.4 Å². The average molecular weight is 539 g/mol. The number of benzene rings is 1. The van der Waals surface area contributed by atoms with Crippen LogP contribution in [0.1, 0.15) is 39.2 Å². The van der Waals surface area contributed by atoms with Gasteiger partial charge in [-0.05, 0) is 37.0 Å². The first-order chi connectivity index (χ1) is 17.1. The number of nitrogens with two attached hydrogens (primary N) is 1. The minimum atomic E-state index is -0.988. The van der Waals surface area contributed by atoms with Crippen LogP contribution in [0.2, 0.25) is 0 Å². The van der Waals surface area contributed by atoms with Gasteiger partial charge in [0.2, 0.25) is 23.6 Å². The van der Waals surface area contributed by atoms with Crippen molar-refractivity contribution in [2.24, 2.45) is 11.7 Å². The molecule has 0 aliphatic carbocycles. The van der Waals surface area contributed by atoms with Gasteiger partial charge >= 0.3 is 0 Å². The molecule has 2 rings (SSSR count). The summed E-state index contributed by atoms with van der Waals surface area (Å²) in [5.74, 6) is -0.502. The molecule has 198 valence electrons. The molecule has 8 nitrogen and oxygen atoms in total. The quantitative estimate of drug-likeness (QED) is 0.285. The van der Waals surface area contributed by atoms with Crippen molar-refractivity contribution in [3.63, 3.8) is 0 Å². The summed E-state index contributed by atoms with van der Waals surface area (Å²) in [5, 5.41) is 8.46. The Bertz CT molecular complexity index is 936. The summed E-state index contributed by atoms with van der Waals surface area (Å²) in [6, 6.07) is 3.40. The second-order valence-electron chi connectivity index (χ2n) is 8.84. The van der Waals surface area contributed by atoms with E-state index in [0.29, 0.717) is 12.0 Å². The predicted molar refractivity (Wildman–Crippen MR) is 143 cm³/mol. The van der Waals surface area contributed by atoms with E-state index >= 15 is 0 Å². The van der Waals surface area contributed by atoms with Gasteiger partial charge in [0.05, 0.1) is 0 Å². The fraction of sp³-hybridized carbons (Fsp3) is 0.520. The molecule has 0 bridgehead atoms. The standard InChI is InChI=1S/C25H35FN4O4S2/c1-4-5-18(10-11-20(27)31)28-22(32)19(14-16-6-8-17(26)9-7-16)29-23(33)21(15(2)3)30-24(34)25-35-12-13-36-25/h4-9,15,18-19,21,25H,10-14H2,1-3H3,(H2,27,31)(H,28,32)(H,29,33)(H,30,34)/b5-4+/t18-,19+,21+/m1/s1. The third kappa shape index (κ3) is 9.85. The van der Waals surface area contributed by atoms with Crippen LogP contribution in [0.25, 0.3) is 0 Å². The zero-order valence-corrected chi connectivity index (χ0v) is 22.4. The van der Waals surface area contributed by atoms with E-state index in [9.17, 15) is 23.6 Å². The molecule has 36 heavy (non-hydrogen) atoms. The molecule has 1 aliphatic rings. The van der Waals surface area contributed by atoms with Gasteiger partial charge in [-0.2, -0.15) is 0 Å². The van der Waals surface area contributed by atoms with Gasteiger partial charge < -0.3 is 21.7 Å². The van der Waals surface area contributed by atoms with E-state index in [-0.39, 0.29) is 29.2 Å². The number of amides is 4. The van der Waals surface area contributed by atoms with Crippen molar-refractivity contribution in [1.29, 1.82) is 0 Å². The molecule has 1 aromatic rings. The predicted octanol–water partition coefficient (Wildman–Crippen LogP) is 2.13.